The first-order valence-corrected chi connectivity index (χ1v) is 9.29. The van der Waals surface area contributed by atoms with E-state index in [9.17, 15) is 9.59 Å². The van der Waals surface area contributed by atoms with Gasteiger partial charge in [-0.25, -0.2) is 4.79 Å². The second-order valence-corrected chi connectivity index (χ2v) is 7.76. The maximum atomic E-state index is 11.9. The van der Waals surface area contributed by atoms with Crippen LogP contribution >= 0.6 is 11.8 Å². The lowest BCUT2D eigenvalue weighted by Gasteiger charge is -2.26. The van der Waals surface area contributed by atoms with Gasteiger partial charge in [0, 0.05) is 12.6 Å². The molecular weight excluding hydrogens is 316 g/mol. The third-order valence-corrected chi connectivity index (χ3v) is 3.74. The Balaban J connectivity index is 4.65. The summed E-state index contributed by atoms with van der Waals surface area (Å²) in [4.78, 5) is 23.7. The van der Waals surface area contributed by atoms with Gasteiger partial charge < -0.3 is 20.1 Å². The van der Waals surface area contributed by atoms with E-state index in [-0.39, 0.29) is 17.9 Å². The molecule has 0 spiro atoms. The third kappa shape index (κ3) is 10.4. The molecule has 0 rings (SSSR count). The smallest absolute Gasteiger partial charge is 0.407 e. The van der Waals surface area contributed by atoms with E-state index in [1.165, 1.54) is 7.11 Å². The largest absolute Gasteiger partial charge is 0.468 e. The Kier molecular flexibility index (Phi) is 10.3. The normalized spacial score (nSPS) is 14.3. The zero-order valence-corrected chi connectivity index (χ0v) is 16.2. The van der Waals surface area contributed by atoms with Crippen molar-refractivity contribution in [1.29, 1.82) is 0 Å². The third-order valence-electron chi connectivity index (χ3n) is 3.10. The van der Waals surface area contributed by atoms with Gasteiger partial charge >= 0.3 is 12.1 Å². The first-order chi connectivity index (χ1) is 10.6. The number of nitrogens with one attached hydrogen (secondary N) is 2. The molecule has 0 aromatic rings. The van der Waals surface area contributed by atoms with Crippen LogP contribution in [0.3, 0.4) is 0 Å². The summed E-state index contributed by atoms with van der Waals surface area (Å²) in [6.07, 6.45) is 2.37. The van der Waals surface area contributed by atoms with Crippen LogP contribution in [0.4, 0.5) is 4.79 Å². The molecule has 0 saturated heterocycles. The van der Waals surface area contributed by atoms with Crippen LogP contribution in [-0.4, -0.2) is 55.4 Å². The molecule has 0 aromatic carbocycles. The highest BCUT2D eigenvalue weighted by Crippen LogP contribution is 2.09. The number of ether oxygens (including phenoxy) is 2. The summed E-state index contributed by atoms with van der Waals surface area (Å²) in [7, 11) is 1.38. The molecule has 6 nitrogen and oxygen atoms in total. The van der Waals surface area contributed by atoms with E-state index in [0.29, 0.717) is 6.54 Å². The number of carbonyl (C=O) groups is 2. The minimum atomic E-state index is -0.534. The molecule has 2 atom stereocenters. The van der Waals surface area contributed by atoms with Gasteiger partial charge in [-0.1, -0.05) is 13.8 Å². The molecule has 0 bridgehead atoms. The number of hydrogen-bond acceptors (Lipinski definition) is 6. The maximum Gasteiger partial charge on any atom is 0.407 e. The lowest BCUT2D eigenvalue weighted by atomic mass is 10.0. The van der Waals surface area contributed by atoms with Crippen LogP contribution in [0.1, 0.15) is 41.0 Å². The molecular formula is C16H32N2O4S. The number of methoxy groups -OCH3 is 1. The van der Waals surface area contributed by atoms with Crippen molar-refractivity contribution in [2.24, 2.45) is 5.92 Å². The second-order valence-electron chi connectivity index (χ2n) is 6.78. The summed E-state index contributed by atoms with van der Waals surface area (Å²) < 4.78 is 10.1. The molecule has 2 N–H and O–H groups in total. The van der Waals surface area contributed by atoms with Crippen molar-refractivity contribution < 1.29 is 19.1 Å². The quantitative estimate of drug-likeness (QED) is 0.623. The highest BCUT2D eigenvalue weighted by Gasteiger charge is 2.25. The highest BCUT2D eigenvalue weighted by atomic mass is 32.2. The van der Waals surface area contributed by atoms with Gasteiger partial charge in [0.15, 0.2) is 0 Å². The summed E-state index contributed by atoms with van der Waals surface area (Å²) in [6.45, 7) is 9.87. The van der Waals surface area contributed by atoms with Crippen LogP contribution in [0, 0.1) is 5.92 Å². The van der Waals surface area contributed by atoms with E-state index in [2.05, 4.69) is 10.6 Å². The Morgan fingerprint density at radius 3 is 2.26 bits per heavy atom. The van der Waals surface area contributed by atoms with Crippen LogP contribution in [0.5, 0.6) is 0 Å². The van der Waals surface area contributed by atoms with E-state index in [4.69, 9.17) is 9.47 Å². The minimum Gasteiger partial charge on any atom is -0.468 e. The predicted molar refractivity (Wildman–Crippen MR) is 94.8 cm³/mol. The molecule has 1 amide bonds. The number of amides is 1. The van der Waals surface area contributed by atoms with Crippen molar-refractivity contribution in [2.75, 3.05) is 25.7 Å². The van der Waals surface area contributed by atoms with Gasteiger partial charge in [-0.15, -0.1) is 0 Å². The van der Waals surface area contributed by atoms with Gasteiger partial charge in [-0.05, 0) is 45.1 Å². The van der Waals surface area contributed by atoms with Gasteiger partial charge in [0.2, 0.25) is 0 Å². The van der Waals surface area contributed by atoms with E-state index >= 15 is 0 Å². The van der Waals surface area contributed by atoms with Crippen molar-refractivity contribution in [3.63, 3.8) is 0 Å². The molecule has 0 aromatic heterocycles. The van der Waals surface area contributed by atoms with E-state index in [1.807, 2.05) is 40.9 Å². The topological polar surface area (TPSA) is 76.7 Å². The van der Waals surface area contributed by atoms with Crippen LogP contribution < -0.4 is 10.6 Å². The first kappa shape index (κ1) is 22.1. The Hall–Kier alpha value is -0.950. The fraction of sp³-hybridized carbons (Fsp3) is 0.875. The van der Waals surface area contributed by atoms with Gasteiger partial charge in [-0.2, -0.15) is 11.8 Å². The molecule has 0 radical (unpaired) electrons. The molecule has 7 heteroatoms. The number of hydrogen-bond donors (Lipinski definition) is 2. The van der Waals surface area contributed by atoms with E-state index in [1.54, 1.807) is 11.8 Å². The number of carbonyl (C=O) groups excluding carboxylic acids is 2. The zero-order chi connectivity index (χ0) is 18.0. The lowest BCUT2D eigenvalue weighted by molar-refractivity contribution is -0.144. The molecule has 0 unspecified atom stereocenters. The van der Waals surface area contributed by atoms with Gasteiger partial charge in [0.1, 0.15) is 11.6 Å². The van der Waals surface area contributed by atoms with Gasteiger partial charge in [0.05, 0.1) is 7.11 Å². The SMILES string of the molecule is COC(=O)[C@@H](NC[C@H](CCSC)NC(=O)OC(C)(C)C)C(C)C. The predicted octanol–water partition coefficient (Wildman–Crippen LogP) is 2.42. The fourth-order valence-corrected chi connectivity index (χ4v) is 2.47. The summed E-state index contributed by atoms with van der Waals surface area (Å²) in [5, 5.41) is 6.06. The number of rotatable bonds is 9. The Morgan fingerprint density at radius 2 is 1.83 bits per heavy atom. The van der Waals surface area contributed by atoms with Gasteiger partial charge in [-0.3, -0.25) is 4.79 Å². The maximum absolute atomic E-state index is 11.9. The number of thioether (sulfide) groups is 1. The monoisotopic (exact) mass is 348 g/mol. The average Bonchev–Trinajstić information content (AvgIpc) is 2.41. The Bertz CT molecular complexity index is 370. The highest BCUT2D eigenvalue weighted by molar-refractivity contribution is 7.98. The van der Waals surface area contributed by atoms with Crippen molar-refractivity contribution >= 4 is 23.8 Å². The lowest BCUT2D eigenvalue weighted by Crippen LogP contribution is -2.50. The summed E-state index contributed by atoms with van der Waals surface area (Å²) in [6, 6.07) is -0.500. The van der Waals surface area contributed by atoms with Crippen LogP contribution in [-0.2, 0) is 14.3 Å². The molecule has 136 valence electrons. The summed E-state index contributed by atoms with van der Waals surface area (Å²) in [5.74, 6) is 0.721. The van der Waals surface area contributed by atoms with Crippen LogP contribution in [0.2, 0.25) is 0 Å². The average molecular weight is 349 g/mol. The van der Waals surface area contributed by atoms with Crippen molar-refractivity contribution in [1.82, 2.24) is 10.6 Å². The van der Waals surface area contributed by atoms with Crippen LogP contribution in [0.25, 0.3) is 0 Å². The summed E-state index contributed by atoms with van der Waals surface area (Å²) >= 11 is 1.71. The van der Waals surface area contributed by atoms with Crippen molar-refractivity contribution in [3.8, 4) is 0 Å². The van der Waals surface area contributed by atoms with Gasteiger partial charge in [0.25, 0.3) is 0 Å². The van der Waals surface area contributed by atoms with E-state index < -0.39 is 17.7 Å². The number of alkyl carbamates (subject to hydrolysis) is 1. The van der Waals surface area contributed by atoms with Crippen molar-refractivity contribution in [3.05, 3.63) is 0 Å². The Labute approximate surface area is 144 Å². The van der Waals surface area contributed by atoms with Crippen LogP contribution in [0.15, 0.2) is 0 Å². The molecule has 23 heavy (non-hydrogen) atoms. The van der Waals surface area contributed by atoms with Crippen molar-refractivity contribution in [2.45, 2.75) is 58.7 Å². The molecule has 0 aliphatic carbocycles. The Morgan fingerprint density at radius 1 is 1.22 bits per heavy atom. The number of esters is 1. The molecule has 0 aliphatic rings. The molecule has 0 aliphatic heterocycles. The molecule has 0 saturated carbocycles. The molecule has 0 fully saturated rings. The summed E-state index contributed by atoms with van der Waals surface area (Å²) in [5.41, 5.74) is -0.534. The first-order valence-electron chi connectivity index (χ1n) is 7.90. The van der Waals surface area contributed by atoms with E-state index in [0.717, 1.165) is 12.2 Å². The fourth-order valence-electron chi connectivity index (χ4n) is 1.95. The minimum absolute atomic E-state index is 0.102. The standard InChI is InChI=1S/C16H32N2O4S/c1-11(2)13(14(19)21-6)17-10-12(8-9-23-7)18-15(20)22-16(3,4)5/h11-13,17H,8-10H2,1-7H3,(H,18,20)/t12-,13-/m0/s1. The zero-order valence-electron chi connectivity index (χ0n) is 15.4. The second kappa shape index (κ2) is 10.8. The molecule has 0 heterocycles.